The van der Waals surface area contributed by atoms with Gasteiger partial charge in [-0.3, -0.25) is 9.59 Å². The van der Waals surface area contributed by atoms with E-state index in [0.29, 0.717) is 5.56 Å². The van der Waals surface area contributed by atoms with Crippen molar-refractivity contribution in [3.63, 3.8) is 0 Å². The Morgan fingerprint density at radius 2 is 1.94 bits per heavy atom. The lowest BCUT2D eigenvalue weighted by Crippen LogP contribution is -2.43. The molecule has 1 atom stereocenters. The molecule has 1 amide bonds. The van der Waals surface area contributed by atoms with E-state index in [4.69, 9.17) is 15.9 Å². The SMILES string of the molecule is N[C@@H](Cc1ccc(O)c(O)c1)C(=O)NCC(=O)O. The van der Waals surface area contributed by atoms with Gasteiger partial charge in [-0.15, -0.1) is 0 Å². The molecule has 0 fully saturated rings. The summed E-state index contributed by atoms with van der Waals surface area (Å²) in [5.74, 6) is -2.31. The number of aromatic hydroxyl groups is 2. The van der Waals surface area contributed by atoms with Crippen LogP contribution in [0.25, 0.3) is 0 Å². The van der Waals surface area contributed by atoms with Crippen molar-refractivity contribution < 1.29 is 24.9 Å². The van der Waals surface area contributed by atoms with Crippen LogP contribution in [-0.4, -0.2) is 39.8 Å². The van der Waals surface area contributed by atoms with E-state index in [1.807, 2.05) is 0 Å². The number of phenolic OH excluding ortho intramolecular Hbond substituents is 2. The molecule has 7 heteroatoms. The van der Waals surface area contributed by atoms with Crippen molar-refractivity contribution in [2.45, 2.75) is 12.5 Å². The molecule has 0 aliphatic heterocycles. The van der Waals surface area contributed by atoms with E-state index in [0.717, 1.165) is 0 Å². The second-order valence-electron chi connectivity index (χ2n) is 3.75. The van der Waals surface area contributed by atoms with Gasteiger partial charge < -0.3 is 26.4 Å². The largest absolute Gasteiger partial charge is 0.504 e. The zero-order valence-electron chi connectivity index (χ0n) is 9.46. The Hall–Kier alpha value is -2.28. The predicted molar refractivity (Wildman–Crippen MR) is 62.1 cm³/mol. The maximum absolute atomic E-state index is 11.4. The van der Waals surface area contributed by atoms with E-state index in [1.165, 1.54) is 18.2 Å². The van der Waals surface area contributed by atoms with Gasteiger partial charge in [-0.25, -0.2) is 0 Å². The minimum atomic E-state index is -1.15. The summed E-state index contributed by atoms with van der Waals surface area (Å²) in [6.45, 7) is -0.493. The average Bonchev–Trinajstić information content (AvgIpc) is 2.30. The van der Waals surface area contributed by atoms with E-state index in [9.17, 15) is 14.7 Å². The predicted octanol–water partition coefficient (Wildman–Crippen LogP) is -0.832. The number of hydrogen-bond acceptors (Lipinski definition) is 5. The van der Waals surface area contributed by atoms with Crippen molar-refractivity contribution in [2.75, 3.05) is 6.54 Å². The monoisotopic (exact) mass is 254 g/mol. The van der Waals surface area contributed by atoms with Crippen LogP contribution in [0.4, 0.5) is 0 Å². The second kappa shape index (κ2) is 5.87. The third-order valence-corrected chi connectivity index (χ3v) is 2.25. The maximum Gasteiger partial charge on any atom is 0.322 e. The Balaban J connectivity index is 2.58. The van der Waals surface area contributed by atoms with E-state index < -0.39 is 24.5 Å². The quantitative estimate of drug-likeness (QED) is 0.435. The lowest BCUT2D eigenvalue weighted by Gasteiger charge is -2.11. The van der Waals surface area contributed by atoms with Crippen LogP contribution < -0.4 is 11.1 Å². The van der Waals surface area contributed by atoms with Gasteiger partial charge in [0.1, 0.15) is 6.54 Å². The second-order valence-corrected chi connectivity index (χ2v) is 3.75. The van der Waals surface area contributed by atoms with Crippen molar-refractivity contribution in [2.24, 2.45) is 5.73 Å². The van der Waals surface area contributed by atoms with Crippen LogP contribution in [0.1, 0.15) is 5.56 Å². The topological polar surface area (TPSA) is 133 Å². The van der Waals surface area contributed by atoms with Gasteiger partial charge in [-0.2, -0.15) is 0 Å². The first-order valence-electron chi connectivity index (χ1n) is 5.16. The highest BCUT2D eigenvalue weighted by atomic mass is 16.4. The number of aliphatic carboxylic acids is 1. The molecule has 7 nitrogen and oxygen atoms in total. The van der Waals surface area contributed by atoms with Gasteiger partial charge >= 0.3 is 5.97 Å². The Morgan fingerprint density at radius 3 is 2.50 bits per heavy atom. The number of carbonyl (C=O) groups excluding carboxylic acids is 1. The lowest BCUT2D eigenvalue weighted by atomic mass is 10.1. The Labute approximate surface area is 103 Å². The van der Waals surface area contributed by atoms with Gasteiger partial charge in [0, 0.05) is 0 Å². The van der Waals surface area contributed by atoms with E-state index in [1.54, 1.807) is 0 Å². The molecule has 0 unspecified atom stereocenters. The van der Waals surface area contributed by atoms with E-state index >= 15 is 0 Å². The highest BCUT2D eigenvalue weighted by Crippen LogP contribution is 2.25. The molecule has 0 aliphatic carbocycles. The van der Waals surface area contributed by atoms with Gasteiger partial charge in [-0.1, -0.05) is 6.07 Å². The molecule has 0 radical (unpaired) electrons. The molecule has 6 N–H and O–H groups in total. The van der Waals surface area contributed by atoms with Crippen molar-refractivity contribution in [1.82, 2.24) is 5.32 Å². The molecule has 0 heterocycles. The van der Waals surface area contributed by atoms with Crippen LogP contribution in [0.15, 0.2) is 18.2 Å². The summed E-state index contributed by atoms with van der Waals surface area (Å²) in [7, 11) is 0. The Kier molecular flexibility index (Phi) is 4.50. The fourth-order valence-corrected chi connectivity index (χ4v) is 1.34. The smallest absolute Gasteiger partial charge is 0.322 e. The molecule has 98 valence electrons. The highest BCUT2D eigenvalue weighted by Gasteiger charge is 2.15. The van der Waals surface area contributed by atoms with Crippen LogP contribution in [-0.2, 0) is 16.0 Å². The number of nitrogens with one attached hydrogen (secondary N) is 1. The van der Waals surface area contributed by atoms with Crippen LogP contribution in [0.2, 0.25) is 0 Å². The van der Waals surface area contributed by atoms with Crippen LogP contribution in [0.5, 0.6) is 11.5 Å². The standard InChI is InChI=1S/C11H14N2O5/c12-7(11(18)13-5-10(16)17)3-6-1-2-8(14)9(15)4-6/h1-2,4,7,14-15H,3,5,12H2,(H,13,18)(H,16,17)/t7-/m0/s1. The average molecular weight is 254 g/mol. The van der Waals surface area contributed by atoms with Gasteiger partial charge in [0.2, 0.25) is 5.91 Å². The first kappa shape index (κ1) is 13.8. The summed E-state index contributed by atoms with van der Waals surface area (Å²) >= 11 is 0. The molecule has 0 aliphatic rings. The number of nitrogens with two attached hydrogens (primary N) is 1. The molecular weight excluding hydrogens is 240 g/mol. The molecule has 0 aromatic heterocycles. The summed E-state index contributed by atoms with van der Waals surface area (Å²) in [4.78, 5) is 21.6. The first-order chi connectivity index (χ1) is 8.40. The Bertz CT molecular complexity index is 461. The number of benzene rings is 1. The van der Waals surface area contributed by atoms with E-state index in [-0.39, 0.29) is 17.9 Å². The number of rotatable bonds is 5. The third-order valence-electron chi connectivity index (χ3n) is 2.25. The number of carboxylic acids is 1. The van der Waals surface area contributed by atoms with E-state index in [2.05, 4.69) is 5.32 Å². The number of carbonyl (C=O) groups is 2. The molecule has 0 spiro atoms. The van der Waals surface area contributed by atoms with Gasteiger partial charge in [0.05, 0.1) is 6.04 Å². The summed E-state index contributed by atoms with van der Waals surface area (Å²) in [5.41, 5.74) is 6.13. The molecular formula is C11H14N2O5. The van der Waals surface area contributed by atoms with Gasteiger partial charge in [0.25, 0.3) is 0 Å². The maximum atomic E-state index is 11.4. The number of amides is 1. The summed E-state index contributed by atoms with van der Waals surface area (Å²) in [6.07, 6.45) is 0.124. The zero-order valence-corrected chi connectivity index (χ0v) is 9.46. The van der Waals surface area contributed by atoms with Crippen molar-refractivity contribution >= 4 is 11.9 Å². The van der Waals surface area contributed by atoms with Crippen LogP contribution >= 0.6 is 0 Å². The van der Waals surface area contributed by atoms with Crippen LogP contribution in [0, 0.1) is 0 Å². The molecule has 0 saturated carbocycles. The summed E-state index contributed by atoms with van der Waals surface area (Å²) in [5, 5.41) is 28.9. The number of phenols is 2. The molecule has 18 heavy (non-hydrogen) atoms. The normalized spacial score (nSPS) is 11.8. The minimum absolute atomic E-state index is 0.124. The number of hydrogen-bond donors (Lipinski definition) is 5. The van der Waals surface area contributed by atoms with Crippen molar-refractivity contribution in [3.05, 3.63) is 23.8 Å². The molecule has 1 aromatic rings. The molecule has 0 saturated heterocycles. The third kappa shape index (κ3) is 3.95. The van der Waals surface area contributed by atoms with Gasteiger partial charge in [-0.05, 0) is 24.1 Å². The molecule has 1 rings (SSSR count). The minimum Gasteiger partial charge on any atom is -0.504 e. The lowest BCUT2D eigenvalue weighted by molar-refractivity contribution is -0.138. The molecule has 0 bridgehead atoms. The van der Waals surface area contributed by atoms with Gasteiger partial charge in [0.15, 0.2) is 11.5 Å². The fraction of sp³-hybridized carbons (Fsp3) is 0.273. The Morgan fingerprint density at radius 1 is 1.28 bits per heavy atom. The van der Waals surface area contributed by atoms with Crippen molar-refractivity contribution in [1.29, 1.82) is 0 Å². The highest BCUT2D eigenvalue weighted by molar-refractivity contribution is 5.85. The first-order valence-corrected chi connectivity index (χ1v) is 5.16. The summed E-state index contributed by atoms with van der Waals surface area (Å²) < 4.78 is 0. The molecule has 1 aromatic carbocycles. The number of carboxylic acid groups (broad SMARTS) is 1. The summed E-state index contributed by atoms with van der Waals surface area (Å²) in [6, 6.07) is 3.17. The van der Waals surface area contributed by atoms with Crippen molar-refractivity contribution in [3.8, 4) is 11.5 Å². The van der Waals surface area contributed by atoms with Crippen LogP contribution in [0.3, 0.4) is 0 Å². The fourth-order valence-electron chi connectivity index (χ4n) is 1.34. The zero-order chi connectivity index (χ0) is 13.7.